The van der Waals surface area contributed by atoms with E-state index in [0.717, 1.165) is 10.0 Å². The maximum atomic E-state index is 11.9. The number of hydrogen-bond acceptors (Lipinski definition) is 5. The van der Waals surface area contributed by atoms with E-state index >= 15 is 0 Å². The monoisotopic (exact) mass is 406 g/mol. The zero-order chi connectivity index (χ0) is 18.2. The molecule has 1 amide bonds. The maximum Gasteiger partial charge on any atom is 0.244 e. The maximum absolute atomic E-state index is 11.9. The number of benzene rings is 2. The smallest absolute Gasteiger partial charge is 0.244 e. The molecule has 0 atom stereocenters. The van der Waals surface area contributed by atoms with Crippen molar-refractivity contribution in [3.05, 3.63) is 52.0 Å². The van der Waals surface area contributed by atoms with Gasteiger partial charge in [0, 0.05) is 10.0 Å². The van der Waals surface area contributed by atoms with Crippen LogP contribution in [0.2, 0.25) is 0 Å². The van der Waals surface area contributed by atoms with Crippen LogP contribution in [0.4, 0.5) is 0 Å². The van der Waals surface area contributed by atoms with E-state index in [2.05, 4.69) is 26.5 Å². The van der Waals surface area contributed by atoms with Crippen molar-refractivity contribution in [2.75, 3.05) is 21.3 Å². The molecule has 25 heavy (non-hydrogen) atoms. The molecule has 0 aromatic heterocycles. The number of nitrogens with zero attached hydrogens (tertiary/aromatic N) is 1. The number of rotatable bonds is 7. The van der Waals surface area contributed by atoms with Crippen LogP contribution in [0.1, 0.15) is 11.1 Å². The number of amides is 1. The van der Waals surface area contributed by atoms with E-state index in [1.54, 1.807) is 12.1 Å². The molecule has 2 aromatic carbocycles. The first-order valence-electron chi connectivity index (χ1n) is 7.43. The summed E-state index contributed by atoms with van der Waals surface area (Å²) in [6.45, 7) is 0. The topological polar surface area (TPSA) is 69.2 Å². The van der Waals surface area contributed by atoms with Crippen LogP contribution in [0.3, 0.4) is 0 Å². The highest BCUT2D eigenvalue weighted by Gasteiger charge is 2.12. The van der Waals surface area contributed by atoms with Gasteiger partial charge in [0.05, 0.1) is 34.0 Å². The highest BCUT2D eigenvalue weighted by atomic mass is 79.9. The number of nitrogens with one attached hydrogen (secondary N) is 1. The Morgan fingerprint density at radius 1 is 1.08 bits per heavy atom. The number of carbonyl (C=O) groups excluding carboxylic acids is 1. The van der Waals surface area contributed by atoms with Crippen LogP contribution in [0, 0.1) is 0 Å². The van der Waals surface area contributed by atoms with Gasteiger partial charge in [-0.3, -0.25) is 4.79 Å². The summed E-state index contributed by atoms with van der Waals surface area (Å²) in [6.07, 6.45) is 1.77. The number of hydrazone groups is 1. The molecule has 132 valence electrons. The van der Waals surface area contributed by atoms with Gasteiger partial charge in [-0.2, -0.15) is 5.10 Å². The Labute approximate surface area is 154 Å². The number of halogens is 1. The summed E-state index contributed by atoms with van der Waals surface area (Å²) in [5, 5.41) is 3.98. The van der Waals surface area contributed by atoms with Crippen LogP contribution in [-0.2, 0) is 11.2 Å². The average Bonchev–Trinajstić information content (AvgIpc) is 2.62. The molecule has 0 bridgehead atoms. The summed E-state index contributed by atoms with van der Waals surface area (Å²) in [5.74, 6) is 1.33. The van der Waals surface area contributed by atoms with Gasteiger partial charge in [-0.1, -0.05) is 28.1 Å². The average molecular weight is 407 g/mol. The van der Waals surface area contributed by atoms with Gasteiger partial charge in [0.2, 0.25) is 11.7 Å². The lowest BCUT2D eigenvalue weighted by Gasteiger charge is -2.12. The van der Waals surface area contributed by atoms with Crippen molar-refractivity contribution in [3.63, 3.8) is 0 Å². The number of ether oxygens (including phenoxy) is 3. The summed E-state index contributed by atoms with van der Waals surface area (Å²) in [7, 11) is 4.62. The molecule has 1 N–H and O–H groups in total. The molecule has 2 aromatic rings. The van der Waals surface area contributed by atoms with Crippen LogP contribution in [-0.4, -0.2) is 33.5 Å². The van der Waals surface area contributed by atoms with E-state index in [0.29, 0.717) is 22.8 Å². The summed E-state index contributed by atoms with van der Waals surface area (Å²) >= 11 is 3.36. The van der Waals surface area contributed by atoms with E-state index in [-0.39, 0.29) is 12.3 Å². The third-order valence-electron chi connectivity index (χ3n) is 3.37. The minimum Gasteiger partial charge on any atom is -0.493 e. The van der Waals surface area contributed by atoms with Gasteiger partial charge in [-0.15, -0.1) is 0 Å². The molecular weight excluding hydrogens is 388 g/mol. The van der Waals surface area contributed by atoms with Gasteiger partial charge < -0.3 is 14.2 Å². The Morgan fingerprint density at radius 2 is 1.68 bits per heavy atom. The zero-order valence-corrected chi connectivity index (χ0v) is 15.8. The summed E-state index contributed by atoms with van der Waals surface area (Å²) in [6, 6.07) is 11.0. The van der Waals surface area contributed by atoms with Crippen molar-refractivity contribution in [1.29, 1.82) is 0 Å². The summed E-state index contributed by atoms with van der Waals surface area (Å²) in [5.41, 5.74) is 4.12. The lowest BCUT2D eigenvalue weighted by atomic mass is 10.1. The van der Waals surface area contributed by atoms with E-state index < -0.39 is 0 Å². The Hall–Kier alpha value is -2.54. The third kappa shape index (κ3) is 5.22. The van der Waals surface area contributed by atoms with Crippen LogP contribution in [0.25, 0.3) is 0 Å². The van der Waals surface area contributed by atoms with Crippen LogP contribution < -0.4 is 19.6 Å². The molecule has 6 nitrogen and oxygen atoms in total. The molecule has 0 heterocycles. The second kappa shape index (κ2) is 9.08. The van der Waals surface area contributed by atoms with Gasteiger partial charge in [-0.25, -0.2) is 5.43 Å². The lowest BCUT2D eigenvalue weighted by molar-refractivity contribution is -0.120. The summed E-state index contributed by atoms with van der Waals surface area (Å²) < 4.78 is 16.8. The van der Waals surface area contributed by atoms with E-state index in [1.165, 1.54) is 27.5 Å². The first kappa shape index (κ1) is 18.8. The molecular formula is C18H19BrN2O4. The highest BCUT2D eigenvalue weighted by Crippen LogP contribution is 2.37. The summed E-state index contributed by atoms with van der Waals surface area (Å²) in [4.78, 5) is 11.9. The van der Waals surface area contributed by atoms with Crippen molar-refractivity contribution < 1.29 is 19.0 Å². The molecule has 2 rings (SSSR count). The largest absolute Gasteiger partial charge is 0.493 e. The zero-order valence-electron chi connectivity index (χ0n) is 14.2. The standard InChI is InChI=1S/C18H19BrN2O4/c1-23-15-8-13(9-16(24-2)18(15)25-3)11-20-21-17(22)10-12-4-6-14(19)7-5-12/h4-9,11H,10H2,1-3H3,(H,21,22)/b20-11-. The lowest BCUT2D eigenvalue weighted by Crippen LogP contribution is -2.19. The van der Waals surface area contributed by atoms with Gasteiger partial charge in [0.1, 0.15) is 0 Å². The highest BCUT2D eigenvalue weighted by molar-refractivity contribution is 9.10. The second-order valence-electron chi connectivity index (χ2n) is 5.06. The first-order chi connectivity index (χ1) is 12.1. The van der Waals surface area contributed by atoms with Crippen LogP contribution in [0.5, 0.6) is 17.2 Å². The van der Waals surface area contributed by atoms with Crippen molar-refractivity contribution >= 4 is 28.1 Å². The van der Waals surface area contributed by atoms with Gasteiger partial charge in [0.25, 0.3) is 0 Å². The van der Waals surface area contributed by atoms with Gasteiger partial charge in [-0.05, 0) is 29.8 Å². The molecule has 0 saturated heterocycles. The van der Waals surface area contributed by atoms with E-state index in [1.807, 2.05) is 24.3 Å². The molecule has 0 aliphatic carbocycles. The normalized spacial score (nSPS) is 10.6. The molecule has 0 aliphatic rings. The molecule has 0 radical (unpaired) electrons. The molecule has 0 aliphatic heterocycles. The predicted octanol–water partition coefficient (Wildman–Crippen LogP) is 3.17. The Bertz CT molecular complexity index is 735. The second-order valence-corrected chi connectivity index (χ2v) is 5.97. The minimum absolute atomic E-state index is 0.203. The predicted molar refractivity (Wildman–Crippen MR) is 99.7 cm³/mol. The minimum atomic E-state index is -0.203. The van der Waals surface area contributed by atoms with Crippen molar-refractivity contribution in [2.24, 2.45) is 5.10 Å². The number of carbonyl (C=O) groups is 1. The van der Waals surface area contributed by atoms with Crippen molar-refractivity contribution in [2.45, 2.75) is 6.42 Å². The van der Waals surface area contributed by atoms with E-state index in [9.17, 15) is 4.79 Å². The molecule has 0 spiro atoms. The van der Waals surface area contributed by atoms with Crippen molar-refractivity contribution in [3.8, 4) is 17.2 Å². The number of methoxy groups -OCH3 is 3. The van der Waals surface area contributed by atoms with Gasteiger partial charge >= 0.3 is 0 Å². The SMILES string of the molecule is COc1cc(/C=N\NC(=O)Cc2ccc(Br)cc2)cc(OC)c1OC. The van der Waals surface area contributed by atoms with Crippen LogP contribution >= 0.6 is 15.9 Å². The number of hydrogen-bond donors (Lipinski definition) is 1. The van der Waals surface area contributed by atoms with Crippen LogP contribution in [0.15, 0.2) is 46.0 Å². The van der Waals surface area contributed by atoms with E-state index in [4.69, 9.17) is 14.2 Å². The molecule has 0 fully saturated rings. The Balaban J connectivity index is 2.03. The molecule has 0 saturated carbocycles. The fourth-order valence-electron chi connectivity index (χ4n) is 2.18. The molecule has 0 unspecified atom stereocenters. The quantitative estimate of drug-likeness (QED) is 0.566. The van der Waals surface area contributed by atoms with Gasteiger partial charge in [0.15, 0.2) is 11.5 Å². The fraction of sp³-hybridized carbons (Fsp3) is 0.222. The first-order valence-corrected chi connectivity index (χ1v) is 8.23. The third-order valence-corrected chi connectivity index (χ3v) is 3.90. The Kier molecular flexibility index (Phi) is 6.82. The van der Waals surface area contributed by atoms with Crippen molar-refractivity contribution in [1.82, 2.24) is 5.43 Å². The fourth-order valence-corrected chi connectivity index (χ4v) is 2.45. The Morgan fingerprint density at radius 3 is 2.20 bits per heavy atom. The molecule has 7 heteroatoms.